The van der Waals surface area contributed by atoms with Crippen LogP contribution in [0.4, 0.5) is 11.6 Å². The van der Waals surface area contributed by atoms with Crippen molar-refractivity contribution < 1.29 is 9.53 Å². The lowest BCUT2D eigenvalue weighted by Crippen LogP contribution is -2.06. The third-order valence-electron chi connectivity index (χ3n) is 2.94. The van der Waals surface area contributed by atoms with Crippen molar-refractivity contribution in [2.24, 2.45) is 0 Å². The number of aromatic nitrogens is 2. The first-order valence-corrected chi connectivity index (χ1v) is 8.20. The minimum absolute atomic E-state index is 0.313. The number of carbonyl (C=O) groups excluding carboxylic acids is 1. The fourth-order valence-electron chi connectivity index (χ4n) is 2.04. The molecule has 6 heteroatoms. The fourth-order valence-corrected chi connectivity index (χ4v) is 2.62. The zero-order valence-electron chi connectivity index (χ0n) is 13.1. The summed E-state index contributed by atoms with van der Waals surface area (Å²) >= 11 is 1.55. The number of thioether (sulfide) groups is 1. The highest BCUT2D eigenvalue weighted by atomic mass is 32.2. The number of hydrogen-bond acceptors (Lipinski definition) is 6. The molecule has 1 heterocycles. The van der Waals surface area contributed by atoms with Crippen molar-refractivity contribution in [3.8, 4) is 0 Å². The number of esters is 1. The molecule has 0 aliphatic rings. The Balaban J connectivity index is 2.29. The molecule has 5 nitrogen and oxygen atoms in total. The number of anilines is 2. The second-order valence-electron chi connectivity index (χ2n) is 4.73. The fraction of sp³-hybridized carbons (Fsp3) is 0.312. The maximum atomic E-state index is 11.8. The van der Waals surface area contributed by atoms with E-state index in [1.807, 2.05) is 38.3 Å². The van der Waals surface area contributed by atoms with Crippen LogP contribution in [-0.4, -0.2) is 28.8 Å². The average molecular weight is 317 g/mol. The van der Waals surface area contributed by atoms with E-state index < -0.39 is 0 Å². The van der Waals surface area contributed by atoms with Crippen molar-refractivity contribution in [1.82, 2.24) is 9.97 Å². The van der Waals surface area contributed by atoms with Gasteiger partial charge in [-0.15, -0.1) is 11.8 Å². The van der Waals surface area contributed by atoms with Crippen LogP contribution >= 0.6 is 11.8 Å². The number of hydrogen-bond donors (Lipinski definition) is 1. The van der Waals surface area contributed by atoms with Crippen LogP contribution in [0.15, 0.2) is 29.2 Å². The molecular formula is C16H19N3O2S. The van der Waals surface area contributed by atoms with E-state index in [9.17, 15) is 4.79 Å². The number of nitrogens with one attached hydrogen (secondary N) is 1. The maximum absolute atomic E-state index is 11.8. The lowest BCUT2D eigenvalue weighted by molar-refractivity contribution is 0.0526. The number of rotatable bonds is 5. The Kier molecular flexibility index (Phi) is 5.38. The Bertz CT molecular complexity index is 669. The third-order valence-corrected chi connectivity index (χ3v) is 3.72. The molecular weight excluding hydrogens is 298 g/mol. The van der Waals surface area contributed by atoms with Crippen LogP contribution in [-0.2, 0) is 4.74 Å². The van der Waals surface area contributed by atoms with E-state index in [4.69, 9.17) is 4.74 Å². The molecule has 1 N–H and O–H groups in total. The Hall–Kier alpha value is -2.08. The van der Waals surface area contributed by atoms with E-state index in [0.717, 1.165) is 22.0 Å². The number of nitrogens with zero attached hydrogens (tertiary/aromatic N) is 2. The number of benzene rings is 1. The topological polar surface area (TPSA) is 64.1 Å². The molecule has 1 aromatic heterocycles. The molecule has 2 aromatic rings. The van der Waals surface area contributed by atoms with Gasteiger partial charge in [-0.3, -0.25) is 0 Å². The molecule has 0 aliphatic heterocycles. The van der Waals surface area contributed by atoms with Gasteiger partial charge in [-0.1, -0.05) is 0 Å². The van der Waals surface area contributed by atoms with Gasteiger partial charge in [-0.25, -0.2) is 14.8 Å². The Morgan fingerprint density at radius 1 is 1.23 bits per heavy atom. The summed E-state index contributed by atoms with van der Waals surface area (Å²) in [4.78, 5) is 21.5. The largest absolute Gasteiger partial charge is 0.462 e. The Labute approximate surface area is 134 Å². The van der Waals surface area contributed by atoms with Crippen molar-refractivity contribution in [3.05, 3.63) is 41.2 Å². The van der Waals surface area contributed by atoms with E-state index in [-0.39, 0.29) is 5.97 Å². The van der Waals surface area contributed by atoms with E-state index >= 15 is 0 Å². The van der Waals surface area contributed by atoms with Crippen LogP contribution in [0.3, 0.4) is 0 Å². The molecule has 22 heavy (non-hydrogen) atoms. The lowest BCUT2D eigenvalue weighted by Gasteiger charge is -2.11. The van der Waals surface area contributed by atoms with Crippen molar-refractivity contribution in [2.45, 2.75) is 25.7 Å². The second kappa shape index (κ2) is 7.26. The molecule has 116 valence electrons. The minimum atomic E-state index is -0.313. The van der Waals surface area contributed by atoms with Crippen LogP contribution in [0.5, 0.6) is 0 Å². The summed E-state index contributed by atoms with van der Waals surface area (Å²) < 4.78 is 5.02. The molecule has 0 fully saturated rings. The number of carbonyl (C=O) groups is 1. The van der Waals surface area contributed by atoms with E-state index in [1.165, 1.54) is 0 Å². The molecule has 0 atom stereocenters. The van der Waals surface area contributed by atoms with Gasteiger partial charge in [0, 0.05) is 16.3 Å². The average Bonchev–Trinajstić information content (AvgIpc) is 2.46. The quantitative estimate of drug-likeness (QED) is 0.669. The molecule has 0 saturated heterocycles. The van der Waals surface area contributed by atoms with E-state index in [0.29, 0.717) is 18.1 Å². The molecule has 0 radical (unpaired) electrons. The van der Waals surface area contributed by atoms with Gasteiger partial charge in [0.05, 0.1) is 17.9 Å². The molecule has 2 rings (SSSR count). The van der Waals surface area contributed by atoms with Crippen molar-refractivity contribution in [1.29, 1.82) is 0 Å². The van der Waals surface area contributed by atoms with Gasteiger partial charge < -0.3 is 10.1 Å². The highest BCUT2D eigenvalue weighted by Gasteiger charge is 2.11. The molecule has 0 unspecified atom stereocenters. The predicted octanol–water partition coefficient (Wildman–Crippen LogP) is 3.74. The first kappa shape index (κ1) is 16.3. The summed E-state index contributed by atoms with van der Waals surface area (Å²) in [5.41, 5.74) is 3.22. The normalized spacial score (nSPS) is 10.4. The second-order valence-corrected chi connectivity index (χ2v) is 5.58. The maximum Gasteiger partial charge on any atom is 0.338 e. The van der Waals surface area contributed by atoms with E-state index in [1.54, 1.807) is 24.8 Å². The molecule has 1 aromatic carbocycles. The molecule has 0 aliphatic carbocycles. The number of ether oxygens (including phenoxy) is 1. The predicted molar refractivity (Wildman–Crippen MR) is 89.0 cm³/mol. The summed E-state index contributed by atoms with van der Waals surface area (Å²) in [7, 11) is 0. The van der Waals surface area contributed by atoms with Gasteiger partial charge in [0.1, 0.15) is 0 Å². The SMILES string of the molecule is CCOC(=O)c1ccc(Nc2nc(C)cc(C)n2)c(SC)c1. The Morgan fingerprint density at radius 3 is 2.50 bits per heavy atom. The minimum Gasteiger partial charge on any atom is -0.462 e. The molecule has 0 spiro atoms. The monoisotopic (exact) mass is 317 g/mol. The Morgan fingerprint density at radius 2 is 1.91 bits per heavy atom. The first-order chi connectivity index (χ1) is 10.5. The van der Waals surface area contributed by atoms with Crippen LogP contribution in [0.2, 0.25) is 0 Å². The highest BCUT2D eigenvalue weighted by molar-refractivity contribution is 7.98. The van der Waals surface area contributed by atoms with Crippen molar-refractivity contribution in [2.75, 3.05) is 18.2 Å². The van der Waals surface area contributed by atoms with Gasteiger partial charge in [0.2, 0.25) is 5.95 Å². The summed E-state index contributed by atoms with van der Waals surface area (Å²) in [6, 6.07) is 7.32. The van der Waals surface area contributed by atoms with Crippen LogP contribution in [0.1, 0.15) is 28.7 Å². The molecule has 0 saturated carbocycles. The molecule has 0 amide bonds. The van der Waals surface area contributed by atoms with Crippen molar-refractivity contribution >= 4 is 29.4 Å². The van der Waals surface area contributed by atoms with Gasteiger partial charge in [0.25, 0.3) is 0 Å². The van der Waals surface area contributed by atoms with Gasteiger partial charge >= 0.3 is 5.97 Å². The standard InChI is InChI=1S/C16H19N3O2S/c1-5-21-15(20)12-6-7-13(14(9-12)22-4)19-16-17-10(2)8-11(3)18-16/h6-9H,5H2,1-4H3,(H,17,18,19). The zero-order valence-corrected chi connectivity index (χ0v) is 14.0. The summed E-state index contributed by atoms with van der Waals surface area (Å²) in [6.07, 6.45) is 1.96. The van der Waals surface area contributed by atoms with E-state index in [2.05, 4.69) is 15.3 Å². The van der Waals surface area contributed by atoms with Gasteiger partial charge in [0.15, 0.2) is 0 Å². The zero-order chi connectivity index (χ0) is 16.1. The summed E-state index contributed by atoms with van der Waals surface area (Å²) in [6.45, 7) is 6.02. The smallest absolute Gasteiger partial charge is 0.338 e. The highest BCUT2D eigenvalue weighted by Crippen LogP contribution is 2.28. The van der Waals surface area contributed by atoms with Gasteiger partial charge in [-0.2, -0.15) is 0 Å². The van der Waals surface area contributed by atoms with Crippen molar-refractivity contribution in [3.63, 3.8) is 0 Å². The van der Waals surface area contributed by atoms with Crippen LogP contribution in [0.25, 0.3) is 0 Å². The third kappa shape index (κ3) is 3.98. The van der Waals surface area contributed by atoms with Crippen LogP contribution < -0.4 is 5.32 Å². The molecule has 0 bridgehead atoms. The summed E-state index contributed by atoms with van der Waals surface area (Å²) in [5, 5.41) is 3.21. The lowest BCUT2D eigenvalue weighted by atomic mass is 10.2. The van der Waals surface area contributed by atoms with Crippen LogP contribution in [0, 0.1) is 13.8 Å². The summed E-state index contributed by atoms with van der Waals surface area (Å²) in [5.74, 6) is 0.240. The van der Waals surface area contributed by atoms with Gasteiger partial charge in [-0.05, 0) is 51.3 Å². The number of aryl methyl sites for hydroxylation is 2. The first-order valence-electron chi connectivity index (χ1n) is 6.98.